The number of halogens is 2. The molecule has 9 heteroatoms. The van der Waals surface area contributed by atoms with Gasteiger partial charge in [0.15, 0.2) is 6.61 Å². The van der Waals surface area contributed by atoms with Crippen LogP contribution < -0.4 is 5.32 Å². The largest absolute Gasteiger partial charge is 0.452 e. The number of ether oxygens (including phenoxy) is 1. The zero-order valence-electron chi connectivity index (χ0n) is 12.0. The first-order chi connectivity index (χ1) is 11.4. The Morgan fingerprint density at radius 2 is 1.96 bits per heavy atom. The van der Waals surface area contributed by atoms with E-state index in [9.17, 15) is 24.1 Å². The van der Waals surface area contributed by atoms with Gasteiger partial charge in [0.1, 0.15) is 5.82 Å². The molecule has 0 saturated carbocycles. The van der Waals surface area contributed by atoms with E-state index in [1.807, 2.05) is 0 Å². The van der Waals surface area contributed by atoms with Crippen LogP contribution in [-0.4, -0.2) is 23.4 Å². The van der Waals surface area contributed by atoms with E-state index in [1.54, 1.807) is 0 Å². The number of benzene rings is 2. The number of nitrogens with one attached hydrogen (secondary N) is 1. The molecule has 7 nitrogen and oxygen atoms in total. The predicted molar refractivity (Wildman–Crippen MR) is 83.4 cm³/mol. The Morgan fingerprint density at radius 3 is 2.58 bits per heavy atom. The summed E-state index contributed by atoms with van der Waals surface area (Å²) >= 11 is 5.78. The fourth-order valence-corrected chi connectivity index (χ4v) is 1.99. The topological polar surface area (TPSA) is 98.5 Å². The summed E-state index contributed by atoms with van der Waals surface area (Å²) in [5, 5.41) is 12.7. The van der Waals surface area contributed by atoms with E-state index >= 15 is 0 Å². The number of nitro benzene ring substituents is 1. The smallest absolute Gasteiger partial charge is 0.340 e. The minimum Gasteiger partial charge on any atom is -0.452 e. The van der Waals surface area contributed by atoms with Gasteiger partial charge in [0.25, 0.3) is 11.6 Å². The summed E-state index contributed by atoms with van der Waals surface area (Å²) in [5.74, 6) is -2.30. The fraction of sp³-hybridized carbons (Fsp3) is 0.0667. The second kappa shape index (κ2) is 7.51. The van der Waals surface area contributed by atoms with Gasteiger partial charge in [-0.25, -0.2) is 9.18 Å². The van der Waals surface area contributed by atoms with E-state index in [4.69, 9.17) is 16.3 Å². The quantitative estimate of drug-likeness (QED) is 0.506. The molecule has 0 atom stereocenters. The van der Waals surface area contributed by atoms with Gasteiger partial charge in [-0.3, -0.25) is 14.9 Å². The van der Waals surface area contributed by atoms with Gasteiger partial charge in [-0.15, -0.1) is 0 Å². The molecule has 0 radical (unpaired) electrons. The molecule has 0 aliphatic rings. The molecule has 0 spiro atoms. The van der Waals surface area contributed by atoms with Gasteiger partial charge in [-0.05, 0) is 18.2 Å². The maximum Gasteiger partial charge on any atom is 0.340 e. The molecule has 124 valence electrons. The molecule has 2 aromatic rings. The van der Waals surface area contributed by atoms with Gasteiger partial charge in [0.2, 0.25) is 0 Å². The highest BCUT2D eigenvalue weighted by molar-refractivity contribution is 6.33. The summed E-state index contributed by atoms with van der Waals surface area (Å²) in [6.45, 7) is -0.666. The van der Waals surface area contributed by atoms with Crippen LogP contribution in [0.15, 0.2) is 42.5 Å². The number of esters is 1. The van der Waals surface area contributed by atoms with Crippen LogP contribution in [0.1, 0.15) is 10.4 Å². The maximum absolute atomic E-state index is 13.4. The minimum atomic E-state index is -0.932. The molecule has 2 aromatic carbocycles. The van der Waals surface area contributed by atoms with Crippen molar-refractivity contribution >= 4 is 34.9 Å². The van der Waals surface area contributed by atoms with Gasteiger partial charge in [-0.1, -0.05) is 23.7 Å². The molecular formula is C15H10ClFN2O5. The maximum atomic E-state index is 13.4. The van der Waals surface area contributed by atoms with E-state index in [-0.39, 0.29) is 22.0 Å². The molecule has 0 aromatic heterocycles. The standard InChI is InChI=1S/C15H10ClFN2O5/c16-11-7-9(19(22)23)5-6-10(11)15(21)24-8-14(20)18-13-4-2-1-3-12(13)17/h1-7H,8H2,(H,18,20). The number of para-hydroxylation sites is 1. The van der Waals surface area contributed by atoms with Crippen molar-refractivity contribution in [1.29, 1.82) is 0 Å². The van der Waals surface area contributed by atoms with Crippen LogP contribution in [0.2, 0.25) is 5.02 Å². The van der Waals surface area contributed by atoms with Crippen molar-refractivity contribution in [2.75, 3.05) is 11.9 Å². The predicted octanol–water partition coefficient (Wildman–Crippen LogP) is 3.18. The minimum absolute atomic E-state index is 0.0492. The molecule has 0 aliphatic heterocycles. The Hall–Kier alpha value is -3.00. The number of carbonyl (C=O) groups excluding carboxylic acids is 2. The van der Waals surface area contributed by atoms with E-state index in [0.717, 1.165) is 24.3 Å². The Morgan fingerprint density at radius 1 is 1.25 bits per heavy atom. The average Bonchev–Trinajstić information content (AvgIpc) is 2.54. The second-order valence-corrected chi connectivity index (χ2v) is 4.93. The highest BCUT2D eigenvalue weighted by atomic mass is 35.5. The van der Waals surface area contributed by atoms with Crippen molar-refractivity contribution in [3.63, 3.8) is 0 Å². The van der Waals surface area contributed by atoms with Crippen molar-refractivity contribution in [1.82, 2.24) is 0 Å². The Balaban J connectivity index is 1.97. The Bertz CT molecular complexity index is 812. The molecule has 2 rings (SSSR count). The first kappa shape index (κ1) is 17.4. The van der Waals surface area contributed by atoms with E-state index in [1.165, 1.54) is 18.2 Å². The van der Waals surface area contributed by atoms with Gasteiger partial charge in [0.05, 0.1) is 21.2 Å². The molecule has 1 N–H and O–H groups in total. The first-order valence-electron chi connectivity index (χ1n) is 6.54. The number of non-ortho nitro benzene ring substituents is 1. The molecule has 0 saturated heterocycles. The molecule has 0 unspecified atom stereocenters. The molecular weight excluding hydrogens is 343 g/mol. The summed E-state index contributed by atoms with van der Waals surface area (Å²) in [6.07, 6.45) is 0. The lowest BCUT2D eigenvalue weighted by Crippen LogP contribution is -2.21. The number of rotatable bonds is 5. The third-order valence-corrected chi connectivity index (χ3v) is 3.18. The molecule has 0 heterocycles. The molecule has 1 amide bonds. The van der Waals surface area contributed by atoms with Crippen LogP contribution in [0.4, 0.5) is 15.8 Å². The summed E-state index contributed by atoms with van der Waals surface area (Å²) in [5.41, 5.74) is -0.457. The van der Waals surface area contributed by atoms with Gasteiger partial charge in [-0.2, -0.15) is 0 Å². The van der Waals surface area contributed by atoms with Crippen LogP contribution in [0.5, 0.6) is 0 Å². The van der Waals surface area contributed by atoms with Gasteiger partial charge >= 0.3 is 5.97 Å². The van der Waals surface area contributed by atoms with Gasteiger partial charge in [0, 0.05) is 12.1 Å². The summed E-state index contributed by atoms with van der Waals surface area (Å²) in [6, 6.07) is 8.71. The molecule has 0 aliphatic carbocycles. The number of hydrogen-bond acceptors (Lipinski definition) is 5. The molecule has 0 bridgehead atoms. The lowest BCUT2D eigenvalue weighted by molar-refractivity contribution is -0.384. The SMILES string of the molecule is O=C(COC(=O)c1ccc([N+](=O)[O-])cc1Cl)Nc1ccccc1F. The van der Waals surface area contributed by atoms with Gasteiger partial charge < -0.3 is 10.1 Å². The fourth-order valence-electron chi connectivity index (χ4n) is 1.74. The van der Waals surface area contributed by atoms with E-state index in [2.05, 4.69) is 5.32 Å². The summed E-state index contributed by atoms with van der Waals surface area (Å²) in [4.78, 5) is 33.4. The van der Waals surface area contributed by atoms with Crippen LogP contribution >= 0.6 is 11.6 Å². The Kier molecular flexibility index (Phi) is 5.43. The number of hydrogen-bond donors (Lipinski definition) is 1. The van der Waals surface area contributed by atoms with E-state index < -0.39 is 29.2 Å². The average molecular weight is 353 g/mol. The lowest BCUT2D eigenvalue weighted by Gasteiger charge is -2.08. The third kappa shape index (κ3) is 4.26. The van der Waals surface area contributed by atoms with Crippen molar-refractivity contribution in [2.24, 2.45) is 0 Å². The first-order valence-corrected chi connectivity index (χ1v) is 6.91. The van der Waals surface area contributed by atoms with Crippen LogP contribution in [0, 0.1) is 15.9 Å². The number of nitrogens with zero attached hydrogens (tertiary/aromatic N) is 1. The lowest BCUT2D eigenvalue weighted by atomic mass is 10.2. The molecule has 0 fully saturated rings. The molecule has 24 heavy (non-hydrogen) atoms. The Labute approximate surface area is 140 Å². The normalized spacial score (nSPS) is 10.1. The van der Waals surface area contributed by atoms with Crippen LogP contribution in [-0.2, 0) is 9.53 Å². The highest BCUT2D eigenvalue weighted by Crippen LogP contribution is 2.23. The summed E-state index contributed by atoms with van der Waals surface area (Å²) in [7, 11) is 0. The monoisotopic (exact) mass is 352 g/mol. The van der Waals surface area contributed by atoms with Crippen molar-refractivity contribution in [3.8, 4) is 0 Å². The number of anilines is 1. The number of carbonyl (C=O) groups is 2. The highest BCUT2D eigenvalue weighted by Gasteiger charge is 2.17. The zero-order chi connectivity index (χ0) is 17.7. The number of amides is 1. The third-order valence-electron chi connectivity index (χ3n) is 2.87. The zero-order valence-corrected chi connectivity index (χ0v) is 12.7. The van der Waals surface area contributed by atoms with Crippen molar-refractivity contribution in [2.45, 2.75) is 0 Å². The van der Waals surface area contributed by atoms with Crippen LogP contribution in [0.3, 0.4) is 0 Å². The number of nitro groups is 1. The van der Waals surface area contributed by atoms with Crippen molar-refractivity contribution < 1.29 is 23.6 Å². The van der Waals surface area contributed by atoms with Crippen LogP contribution in [0.25, 0.3) is 0 Å². The van der Waals surface area contributed by atoms with E-state index in [0.29, 0.717) is 0 Å². The van der Waals surface area contributed by atoms with Crippen molar-refractivity contribution in [3.05, 3.63) is 69.0 Å². The summed E-state index contributed by atoms with van der Waals surface area (Å²) < 4.78 is 18.1. The second-order valence-electron chi connectivity index (χ2n) is 4.53.